The van der Waals surface area contributed by atoms with Crippen LogP contribution in [0.1, 0.15) is 36.0 Å². The molecule has 0 radical (unpaired) electrons. The normalized spacial score (nSPS) is 18.9. The van der Waals surface area contributed by atoms with Crippen molar-refractivity contribution in [3.63, 3.8) is 0 Å². The van der Waals surface area contributed by atoms with E-state index < -0.39 is 0 Å². The van der Waals surface area contributed by atoms with E-state index in [0.29, 0.717) is 24.7 Å². The number of nitrogens with zero attached hydrogens (tertiary/aromatic N) is 1. The molecular weight excluding hydrogens is 346 g/mol. The van der Waals surface area contributed by atoms with Gasteiger partial charge in [0.15, 0.2) is 0 Å². The van der Waals surface area contributed by atoms with Crippen LogP contribution in [0.5, 0.6) is 0 Å². The van der Waals surface area contributed by atoms with Crippen LogP contribution in [0.25, 0.3) is 0 Å². The number of piperidine rings is 1. The number of hydrogen-bond acceptors (Lipinski definition) is 2. The number of carbonyl (C=O) groups is 2. The molecule has 1 saturated heterocycles. The van der Waals surface area contributed by atoms with E-state index in [1.165, 1.54) is 0 Å². The predicted octanol–water partition coefficient (Wildman–Crippen LogP) is 2.52. The molecule has 1 aliphatic carbocycles. The fourth-order valence-electron chi connectivity index (χ4n) is 2.67. The van der Waals surface area contributed by atoms with E-state index in [2.05, 4.69) is 26.6 Å². The van der Waals surface area contributed by atoms with E-state index in [4.69, 9.17) is 0 Å². The molecule has 2 aliphatic rings. The van der Waals surface area contributed by atoms with Gasteiger partial charge >= 0.3 is 6.03 Å². The van der Waals surface area contributed by atoms with Crippen LogP contribution in [0.2, 0.25) is 0 Å². The molecular formula is C16H20BrN3O2. The van der Waals surface area contributed by atoms with Crippen molar-refractivity contribution in [2.24, 2.45) is 0 Å². The second kappa shape index (κ2) is 6.69. The van der Waals surface area contributed by atoms with Crippen LogP contribution in [-0.4, -0.2) is 42.0 Å². The van der Waals surface area contributed by atoms with Gasteiger partial charge in [-0.05, 0) is 43.9 Å². The largest absolute Gasteiger partial charge is 0.338 e. The standard InChI is InChI=1S/C16H20BrN3O2/c17-12-3-1-2-11(10-12)15(21)20-8-6-14(7-9-20)19-16(22)18-13-4-5-13/h1-3,10,13-14H,4-9H2,(H2,18,19,22). The van der Waals surface area contributed by atoms with Crippen molar-refractivity contribution in [1.82, 2.24) is 15.5 Å². The van der Waals surface area contributed by atoms with E-state index in [-0.39, 0.29) is 18.0 Å². The number of amides is 3. The van der Waals surface area contributed by atoms with E-state index >= 15 is 0 Å². The zero-order valence-electron chi connectivity index (χ0n) is 12.3. The molecule has 1 saturated carbocycles. The van der Waals surface area contributed by atoms with E-state index in [0.717, 1.165) is 30.2 Å². The van der Waals surface area contributed by atoms with Crippen molar-refractivity contribution in [2.75, 3.05) is 13.1 Å². The number of benzene rings is 1. The molecule has 2 N–H and O–H groups in total. The molecule has 1 heterocycles. The highest BCUT2D eigenvalue weighted by Crippen LogP contribution is 2.19. The average molecular weight is 366 g/mol. The molecule has 1 aromatic carbocycles. The Morgan fingerprint density at radius 3 is 2.27 bits per heavy atom. The van der Waals surface area contributed by atoms with Gasteiger partial charge < -0.3 is 15.5 Å². The number of likely N-dealkylation sites (tertiary alicyclic amines) is 1. The molecule has 0 aromatic heterocycles. The second-order valence-corrected chi connectivity index (χ2v) is 6.88. The second-order valence-electron chi connectivity index (χ2n) is 5.97. The van der Waals surface area contributed by atoms with Gasteiger partial charge in [-0.25, -0.2) is 4.79 Å². The predicted molar refractivity (Wildman–Crippen MR) is 87.8 cm³/mol. The SMILES string of the molecule is O=C(NC1CC1)NC1CCN(C(=O)c2cccc(Br)c2)CC1. The van der Waals surface area contributed by atoms with Crippen molar-refractivity contribution in [3.05, 3.63) is 34.3 Å². The van der Waals surface area contributed by atoms with Crippen LogP contribution in [0.15, 0.2) is 28.7 Å². The topological polar surface area (TPSA) is 61.4 Å². The van der Waals surface area contributed by atoms with Gasteiger partial charge in [-0.2, -0.15) is 0 Å². The molecule has 22 heavy (non-hydrogen) atoms. The zero-order valence-corrected chi connectivity index (χ0v) is 13.9. The summed E-state index contributed by atoms with van der Waals surface area (Å²) in [5.74, 6) is 0.0576. The fourth-order valence-corrected chi connectivity index (χ4v) is 3.07. The summed E-state index contributed by atoms with van der Waals surface area (Å²) in [6, 6.07) is 7.91. The highest BCUT2D eigenvalue weighted by atomic mass is 79.9. The Morgan fingerprint density at radius 1 is 1.05 bits per heavy atom. The maximum atomic E-state index is 12.4. The van der Waals surface area contributed by atoms with Gasteiger partial charge in [0.25, 0.3) is 5.91 Å². The summed E-state index contributed by atoms with van der Waals surface area (Å²) in [6.07, 6.45) is 3.79. The van der Waals surface area contributed by atoms with E-state index in [9.17, 15) is 9.59 Å². The van der Waals surface area contributed by atoms with E-state index in [1.54, 1.807) is 0 Å². The van der Waals surface area contributed by atoms with Gasteiger partial charge in [-0.3, -0.25) is 4.79 Å². The lowest BCUT2D eigenvalue weighted by molar-refractivity contribution is 0.0708. The van der Waals surface area contributed by atoms with Crippen molar-refractivity contribution in [1.29, 1.82) is 0 Å². The maximum Gasteiger partial charge on any atom is 0.315 e. The van der Waals surface area contributed by atoms with Crippen molar-refractivity contribution >= 4 is 27.9 Å². The van der Waals surface area contributed by atoms with Crippen molar-refractivity contribution in [2.45, 2.75) is 37.8 Å². The number of halogens is 1. The molecule has 6 heteroatoms. The Kier molecular flexibility index (Phi) is 4.66. The summed E-state index contributed by atoms with van der Waals surface area (Å²) in [4.78, 5) is 26.0. The lowest BCUT2D eigenvalue weighted by Gasteiger charge is -2.32. The first-order valence-corrected chi connectivity index (χ1v) is 8.53. The lowest BCUT2D eigenvalue weighted by atomic mass is 10.0. The number of urea groups is 1. The number of hydrogen-bond donors (Lipinski definition) is 2. The average Bonchev–Trinajstić information content (AvgIpc) is 3.31. The molecule has 0 bridgehead atoms. The summed E-state index contributed by atoms with van der Waals surface area (Å²) in [6.45, 7) is 1.36. The first-order valence-electron chi connectivity index (χ1n) is 7.74. The Bertz CT molecular complexity index is 566. The van der Waals surface area contributed by atoms with Crippen LogP contribution >= 0.6 is 15.9 Å². The third-order valence-electron chi connectivity index (χ3n) is 4.10. The quantitative estimate of drug-likeness (QED) is 0.864. The van der Waals surface area contributed by atoms with Crippen LogP contribution in [0, 0.1) is 0 Å². The molecule has 2 fully saturated rings. The van der Waals surface area contributed by atoms with Crippen LogP contribution < -0.4 is 10.6 Å². The van der Waals surface area contributed by atoms with Gasteiger partial charge in [-0.1, -0.05) is 22.0 Å². The number of nitrogens with one attached hydrogen (secondary N) is 2. The number of carbonyl (C=O) groups excluding carboxylic acids is 2. The van der Waals surface area contributed by atoms with Gasteiger partial charge in [0.1, 0.15) is 0 Å². The summed E-state index contributed by atoms with van der Waals surface area (Å²) in [5, 5.41) is 5.93. The molecule has 118 valence electrons. The lowest BCUT2D eigenvalue weighted by Crippen LogP contribution is -2.49. The molecule has 0 unspecified atom stereocenters. The zero-order chi connectivity index (χ0) is 15.5. The molecule has 0 spiro atoms. The Balaban J connectivity index is 1.48. The Hall–Kier alpha value is -1.56. The van der Waals surface area contributed by atoms with Gasteiger partial charge in [0.2, 0.25) is 0 Å². The molecule has 3 amide bonds. The van der Waals surface area contributed by atoms with Crippen LogP contribution in [0.3, 0.4) is 0 Å². The summed E-state index contributed by atoms with van der Waals surface area (Å²) >= 11 is 3.39. The first kappa shape index (κ1) is 15.3. The highest BCUT2D eigenvalue weighted by molar-refractivity contribution is 9.10. The third kappa shape index (κ3) is 4.00. The summed E-state index contributed by atoms with van der Waals surface area (Å²) in [5.41, 5.74) is 0.701. The minimum absolute atomic E-state index is 0.0576. The smallest absolute Gasteiger partial charge is 0.315 e. The highest BCUT2D eigenvalue weighted by Gasteiger charge is 2.27. The fraction of sp³-hybridized carbons (Fsp3) is 0.500. The van der Waals surface area contributed by atoms with Crippen LogP contribution in [-0.2, 0) is 0 Å². The van der Waals surface area contributed by atoms with Crippen molar-refractivity contribution < 1.29 is 9.59 Å². The number of rotatable bonds is 3. The minimum Gasteiger partial charge on any atom is -0.338 e. The monoisotopic (exact) mass is 365 g/mol. The summed E-state index contributed by atoms with van der Waals surface area (Å²) < 4.78 is 0.909. The van der Waals surface area contributed by atoms with Gasteiger partial charge in [0.05, 0.1) is 0 Å². The van der Waals surface area contributed by atoms with E-state index in [1.807, 2.05) is 29.2 Å². The Morgan fingerprint density at radius 2 is 1.68 bits per heavy atom. The molecule has 5 nitrogen and oxygen atoms in total. The molecule has 0 atom stereocenters. The summed E-state index contributed by atoms with van der Waals surface area (Å²) in [7, 11) is 0. The molecule has 3 rings (SSSR count). The van der Waals surface area contributed by atoms with Gasteiger partial charge in [0, 0.05) is 35.2 Å². The Labute approximate surface area is 138 Å². The van der Waals surface area contributed by atoms with Gasteiger partial charge in [-0.15, -0.1) is 0 Å². The van der Waals surface area contributed by atoms with Crippen LogP contribution in [0.4, 0.5) is 4.79 Å². The van der Waals surface area contributed by atoms with Crippen molar-refractivity contribution in [3.8, 4) is 0 Å². The first-order chi connectivity index (χ1) is 10.6. The third-order valence-corrected chi connectivity index (χ3v) is 4.59. The maximum absolute atomic E-state index is 12.4. The molecule has 1 aromatic rings. The molecule has 1 aliphatic heterocycles. The minimum atomic E-state index is -0.0701.